The van der Waals surface area contributed by atoms with Crippen molar-refractivity contribution in [1.82, 2.24) is 4.90 Å². The summed E-state index contributed by atoms with van der Waals surface area (Å²) in [6.45, 7) is 4.33. The van der Waals surface area contributed by atoms with Gasteiger partial charge < -0.3 is 10.5 Å². The lowest BCUT2D eigenvalue weighted by molar-refractivity contribution is -0.385. The highest BCUT2D eigenvalue weighted by atomic mass is 16.6. The average molecular weight is 419 g/mol. The fourth-order valence-electron chi connectivity index (χ4n) is 4.32. The van der Waals surface area contributed by atoms with Gasteiger partial charge in [-0.15, -0.1) is 0 Å². The van der Waals surface area contributed by atoms with Gasteiger partial charge in [0, 0.05) is 37.0 Å². The first kappa shape index (κ1) is 20.8. The topological polar surface area (TPSA) is 98.7 Å². The van der Waals surface area contributed by atoms with Crippen molar-refractivity contribution >= 4 is 28.1 Å². The van der Waals surface area contributed by atoms with Gasteiger partial charge in [0.1, 0.15) is 0 Å². The van der Waals surface area contributed by atoms with Crippen molar-refractivity contribution in [2.45, 2.75) is 32.9 Å². The molecule has 4 rings (SSSR count). The number of hydrogen-bond donors (Lipinski definition) is 1. The molecule has 0 saturated carbocycles. The van der Waals surface area contributed by atoms with Gasteiger partial charge in [-0.2, -0.15) is 0 Å². The van der Waals surface area contributed by atoms with Gasteiger partial charge in [0.2, 0.25) is 0 Å². The molecule has 0 atom stereocenters. The lowest BCUT2D eigenvalue weighted by Crippen LogP contribution is -2.30. The van der Waals surface area contributed by atoms with E-state index in [1.165, 1.54) is 0 Å². The Kier molecular flexibility index (Phi) is 5.86. The van der Waals surface area contributed by atoms with E-state index in [0.717, 1.165) is 46.1 Å². The van der Waals surface area contributed by atoms with Crippen molar-refractivity contribution in [3.8, 4) is 0 Å². The number of fused-ring (bicyclic) bond motifs is 2. The van der Waals surface area contributed by atoms with E-state index in [4.69, 9.17) is 10.5 Å². The molecule has 0 bridgehead atoms. The molecule has 0 aliphatic carbocycles. The second kappa shape index (κ2) is 8.73. The van der Waals surface area contributed by atoms with Crippen LogP contribution in [-0.2, 0) is 35.5 Å². The maximum atomic E-state index is 12.0. The predicted octanol–water partition coefficient (Wildman–Crippen LogP) is 3.99. The summed E-state index contributed by atoms with van der Waals surface area (Å²) in [7, 11) is 0. The number of nitro benzene ring substituents is 1. The summed E-state index contributed by atoms with van der Waals surface area (Å²) in [6, 6.07) is 15.3. The molecule has 0 aromatic heterocycles. The van der Waals surface area contributed by atoms with Crippen LogP contribution in [0.4, 0.5) is 11.4 Å². The Morgan fingerprint density at radius 1 is 1.23 bits per heavy atom. The minimum Gasteiger partial charge on any atom is -0.466 e. The first-order valence-corrected chi connectivity index (χ1v) is 10.4. The summed E-state index contributed by atoms with van der Waals surface area (Å²) >= 11 is 0. The third-order valence-electron chi connectivity index (χ3n) is 5.78. The first-order valence-electron chi connectivity index (χ1n) is 10.4. The van der Waals surface area contributed by atoms with Gasteiger partial charge in [0.05, 0.1) is 18.0 Å². The van der Waals surface area contributed by atoms with Crippen molar-refractivity contribution in [3.05, 3.63) is 80.9 Å². The zero-order valence-corrected chi connectivity index (χ0v) is 17.5. The number of nitrogen functional groups attached to an aromatic ring is 1. The third-order valence-corrected chi connectivity index (χ3v) is 5.78. The number of carbonyl (C=O) groups excluding carboxylic acids is 1. The Morgan fingerprint density at radius 3 is 2.84 bits per heavy atom. The second-order valence-corrected chi connectivity index (χ2v) is 7.80. The molecular formula is C24H25N3O4. The van der Waals surface area contributed by atoms with Crippen molar-refractivity contribution < 1.29 is 14.5 Å². The standard InChI is InChI=1S/C24H25N3O4/c1-2-31-24(28)13-21-19-8-6-16(12-17(19)7-9-22(21)25)14-26-11-10-20-18(15-26)4-3-5-23(20)27(29)30/h3-9,12H,2,10-11,13-15,25H2,1H3. The van der Waals surface area contributed by atoms with E-state index in [9.17, 15) is 14.9 Å². The van der Waals surface area contributed by atoms with Crippen molar-refractivity contribution in [2.24, 2.45) is 0 Å². The molecular weight excluding hydrogens is 394 g/mol. The normalized spacial score (nSPS) is 13.7. The molecule has 0 spiro atoms. The molecule has 160 valence electrons. The van der Waals surface area contributed by atoms with E-state index in [2.05, 4.69) is 17.0 Å². The Bertz CT molecular complexity index is 1160. The van der Waals surface area contributed by atoms with Crippen LogP contribution in [0.5, 0.6) is 0 Å². The Balaban J connectivity index is 1.55. The lowest BCUT2D eigenvalue weighted by Gasteiger charge is -2.28. The van der Waals surface area contributed by atoms with Gasteiger partial charge in [0.25, 0.3) is 5.69 Å². The second-order valence-electron chi connectivity index (χ2n) is 7.80. The van der Waals surface area contributed by atoms with Crippen molar-refractivity contribution in [3.63, 3.8) is 0 Å². The number of esters is 1. The smallest absolute Gasteiger partial charge is 0.310 e. The van der Waals surface area contributed by atoms with E-state index in [1.54, 1.807) is 19.1 Å². The molecule has 1 aliphatic rings. The minimum atomic E-state index is -0.294. The summed E-state index contributed by atoms with van der Waals surface area (Å²) < 4.78 is 5.08. The van der Waals surface area contributed by atoms with E-state index in [-0.39, 0.29) is 23.0 Å². The number of nitro groups is 1. The zero-order chi connectivity index (χ0) is 22.0. The van der Waals surface area contributed by atoms with Crippen LogP contribution in [0.15, 0.2) is 48.5 Å². The number of nitrogens with two attached hydrogens (primary N) is 1. The van der Waals surface area contributed by atoms with Crippen LogP contribution in [0, 0.1) is 10.1 Å². The molecule has 3 aromatic carbocycles. The molecule has 3 aromatic rings. The third kappa shape index (κ3) is 4.36. The highest BCUT2D eigenvalue weighted by molar-refractivity contribution is 5.93. The number of hydrogen-bond acceptors (Lipinski definition) is 6. The number of anilines is 1. The van der Waals surface area contributed by atoms with Crippen LogP contribution in [0.3, 0.4) is 0 Å². The van der Waals surface area contributed by atoms with Gasteiger partial charge in [-0.25, -0.2) is 0 Å². The van der Waals surface area contributed by atoms with Gasteiger partial charge in [0.15, 0.2) is 0 Å². The molecule has 2 N–H and O–H groups in total. The molecule has 0 amide bonds. The maximum absolute atomic E-state index is 12.0. The van der Waals surface area contributed by atoms with Crippen molar-refractivity contribution in [2.75, 3.05) is 18.9 Å². The number of rotatable bonds is 6. The Labute approximate surface area is 180 Å². The number of nitrogens with zero attached hydrogens (tertiary/aromatic N) is 2. The molecule has 0 fully saturated rings. The Hall–Kier alpha value is -3.45. The maximum Gasteiger partial charge on any atom is 0.310 e. The van der Waals surface area contributed by atoms with Crippen LogP contribution < -0.4 is 5.73 Å². The van der Waals surface area contributed by atoms with Crippen LogP contribution in [-0.4, -0.2) is 28.9 Å². The molecule has 0 unspecified atom stereocenters. The lowest BCUT2D eigenvalue weighted by atomic mass is 9.96. The summed E-state index contributed by atoms with van der Waals surface area (Å²) in [6.07, 6.45) is 0.818. The average Bonchev–Trinajstić information content (AvgIpc) is 2.75. The molecule has 0 radical (unpaired) electrons. The zero-order valence-electron chi connectivity index (χ0n) is 17.5. The molecule has 1 aliphatic heterocycles. The molecule has 7 nitrogen and oxygen atoms in total. The van der Waals surface area contributed by atoms with E-state index < -0.39 is 0 Å². The SMILES string of the molecule is CCOC(=O)Cc1c(N)ccc2cc(CN3CCc4c(cccc4[N+](=O)[O-])C3)ccc12. The fourth-order valence-corrected chi connectivity index (χ4v) is 4.32. The summed E-state index contributed by atoms with van der Waals surface area (Å²) in [5.74, 6) is -0.285. The van der Waals surface area contributed by atoms with Crippen molar-refractivity contribution in [1.29, 1.82) is 0 Å². The van der Waals surface area contributed by atoms with Gasteiger partial charge >= 0.3 is 5.97 Å². The molecule has 31 heavy (non-hydrogen) atoms. The number of benzene rings is 3. The van der Waals surface area contributed by atoms with Gasteiger partial charge in [-0.05, 0) is 52.9 Å². The number of carbonyl (C=O) groups is 1. The van der Waals surface area contributed by atoms with Crippen LogP contribution in [0.1, 0.15) is 29.2 Å². The summed E-state index contributed by atoms with van der Waals surface area (Å²) in [5, 5.41) is 13.3. The van der Waals surface area contributed by atoms with E-state index >= 15 is 0 Å². The van der Waals surface area contributed by atoms with E-state index in [1.807, 2.05) is 24.3 Å². The molecule has 7 heteroatoms. The van der Waals surface area contributed by atoms with Crippen LogP contribution in [0.2, 0.25) is 0 Å². The largest absolute Gasteiger partial charge is 0.466 e. The minimum absolute atomic E-state index is 0.151. The van der Waals surface area contributed by atoms with Gasteiger partial charge in [-0.3, -0.25) is 19.8 Å². The molecule has 0 saturated heterocycles. The quantitative estimate of drug-likeness (QED) is 0.281. The first-order chi connectivity index (χ1) is 15.0. The van der Waals surface area contributed by atoms with Gasteiger partial charge in [-0.1, -0.05) is 30.3 Å². The highest BCUT2D eigenvalue weighted by Crippen LogP contribution is 2.30. The summed E-state index contributed by atoms with van der Waals surface area (Å²) in [4.78, 5) is 25.3. The monoisotopic (exact) mass is 419 g/mol. The van der Waals surface area contributed by atoms with Crippen LogP contribution in [0.25, 0.3) is 10.8 Å². The predicted molar refractivity (Wildman–Crippen MR) is 120 cm³/mol. The fraction of sp³-hybridized carbons (Fsp3) is 0.292. The number of ether oxygens (including phenoxy) is 1. The molecule has 1 heterocycles. The van der Waals surface area contributed by atoms with E-state index in [0.29, 0.717) is 25.3 Å². The van der Waals surface area contributed by atoms with Crippen LogP contribution >= 0.6 is 0 Å². The highest BCUT2D eigenvalue weighted by Gasteiger charge is 2.23. The summed E-state index contributed by atoms with van der Waals surface area (Å²) in [5.41, 5.74) is 10.7. The Morgan fingerprint density at radius 2 is 2.06 bits per heavy atom.